The van der Waals surface area contributed by atoms with Gasteiger partial charge in [-0.2, -0.15) is 0 Å². The Bertz CT molecular complexity index is 461. The summed E-state index contributed by atoms with van der Waals surface area (Å²) in [6.07, 6.45) is 3.27. The van der Waals surface area contributed by atoms with Gasteiger partial charge in [0.15, 0.2) is 0 Å². The monoisotopic (exact) mass is 233 g/mol. The zero-order valence-corrected chi connectivity index (χ0v) is 9.87. The molecule has 0 spiro atoms. The average Bonchev–Trinajstić information content (AvgIpc) is 2.91. The second-order valence-electron chi connectivity index (χ2n) is 5.40. The normalized spacial score (nSPS) is 29.9. The Hall–Kier alpha value is -1.38. The molecule has 1 N–H and O–H groups in total. The Kier molecular flexibility index (Phi) is 2.42. The lowest BCUT2D eigenvalue weighted by Crippen LogP contribution is -2.22. The van der Waals surface area contributed by atoms with Gasteiger partial charge in [-0.15, -0.1) is 0 Å². The van der Waals surface area contributed by atoms with E-state index in [4.69, 9.17) is 0 Å². The summed E-state index contributed by atoms with van der Waals surface area (Å²) in [7, 11) is 0. The molecule has 2 unspecified atom stereocenters. The van der Waals surface area contributed by atoms with Crippen molar-refractivity contribution in [2.24, 2.45) is 17.8 Å². The Morgan fingerprint density at radius 3 is 2.71 bits per heavy atom. The lowest BCUT2D eigenvalue weighted by molar-refractivity contribution is -0.120. The largest absolute Gasteiger partial charge is 0.323 e. The Balaban J connectivity index is 1.69. The van der Waals surface area contributed by atoms with Gasteiger partial charge in [0.05, 0.1) is 5.69 Å². The number of nitrogens with one attached hydrogen (secondary N) is 1. The van der Waals surface area contributed by atoms with Crippen LogP contribution in [-0.4, -0.2) is 5.91 Å². The Morgan fingerprint density at radius 1 is 1.29 bits per heavy atom. The second kappa shape index (κ2) is 3.83. The molecule has 1 aromatic rings. The first-order chi connectivity index (χ1) is 8.13. The molecule has 0 saturated heterocycles. The third kappa shape index (κ3) is 2.06. The molecule has 0 heterocycles. The standard InChI is InChI=1S/C14H16FNO/c1-8-2-3-12(15)13(4-8)16-14(17)11-6-9-5-10(9)7-11/h2-4,9-11H,5-7H2,1H3,(H,16,17). The van der Waals surface area contributed by atoms with Crippen molar-refractivity contribution in [2.75, 3.05) is 5.32 Å². The SMILES string of the molecule is Cc1ccc(F)c(NC(=O)C2CC3CC3C2)c1. The number of halogens is 1. The number of fused-ring (bicyclic) bond motifs is 1. The van der Waals surface area contributed by atoms with Crippen LogP contribution in [0.2, 0.25) is 0 Å². The lowest BCUT2D eigenvalue weighted by Gasteiger charge is -2.13. The number of benzene rings is 1. The Morgan fingerprint density at radius 2 is 2.00 bits per heavy atom. The van der Waals surface area contributed by atoms with Crippen molar-refractivity contribution in [3.63, 3.8) is 0 Å². The minimum Gasteiger partial charge on any atom is -0.323 e. The minimum absolute atomic E-state index is 0.0123. The number of amides is 1. The van der Waals surface area contributed by atoms with Gasteiger partial charge in [0, 0.05) is 5.92 Å². The summed E-state index contributed by atoms with van der Waals surface area (Å²) in [5, 5.41) is 2.72. The van der Waals surface area contributed by atoms with Crippen LogP contribution >= 0.6 is 0 Å². The van der Waals surface area contributed by atoms with Crippen LogP contribution in [0.25, 0.3) is 0 Å². The fourth-order valence-corrected chi connectivity index (χ4v) is 2.90. The van der Waals surface area contributed by atoms with Crippen LogP contribution in [0.1, 0.15) is 24.8 Å². The molecule has 1 amide bonds. The Labute approximate surface area is 100 Å². The first-order valence-corrected chi connectivity index (χ1v) is 6.20. The van der Waals surface area contributed by atoms with Gasteiger partial charge in [0.2, 0.25) is 5.91 Å². The van der Waals surface area contributed by atoms with Gasteiger partial charge in [-0.1, -0.05) is 6.07 Å². The van der Waals surface area contributed by atoms with E-state index in [2.05, 4.69) is 5.32 Å². The molecule has 2 nitrogen and oxygen atoms in total. The number of rotatable bonds is 2. The number of hydrogen-bond donors (Lipinski definition) is 1. The molecule has 3 rings (SSSR count). The molecule has 2 aliphatic rings. The molecule has 0 bridgehead atoms. The maximum Gasteiger partial charge on any atom is 0.227 e. The lowest BCUT2D eigenvalue weighted by atomic mass is 10.0. The maximum atomic E-state index is 13.5. The van der Waals surface area contributed by atoms with E-state index in [-0.39, 0.29) is 17.6 Å². The third-order valence-corrected chi connectivity index (χ3v) is 3.99. The van der Waals surface area contributed by atoms with Crippen LogP contribution in [0, 0.1) is 30.5 Å². The molecule has 0 aliphatic heterocycles. The number of aryl methyl sites for hydroxylation is 1. The van der Waals surface area contributed by atoms with Crippen LogP contribution in [0.4, 0.5) is 10.1 Å². The first kappa shape index (κ1) is 10.8. The highest BCUT2D eigenvalue weighted by Gasteiger charge is 2.48. The molecule has 0 radical (unpaired) electrons. The summed E-state index contributed by atoms with van der Waals surface area (Å²) in [6, 6.07) is 4.79. The summed E-state index contributed by atoms with van der Waals surface area (Å²) in [4.78, 5) is 12.0. The smallest absolute Gasteiger partial charge is 0.227 e. The van der Waals surface area contributed by atoms with Crippen molar-refractivity contribution >= 4 is 11.6 Å². The van der Waals surface area contributed by atoms with Crippen LogP contribution in [0.3, 0.4) is 0 Å². The van der Waals surface area contributed by atoms with E-state index in [1.54, 1.807) is 12.1 Å². The topological polar surface area (TPSA) is 29.1 Å². The van der Waals surface area contributed by atoms with Crippen LogP contribution in [-0.2, 0) is 4.79 Å². The maximum absolute atomic E-state index is 13.5. The average molecular weight is 233 g/mol. The van der Waals surface area contributed by atoms with E-state index in [1.165, 1.54) is 12.5 Å². The number of anilines is 1. The van der Waals surface area contributed by atoms with Gasteiger partial charge < -0.3 is 5.32 Å². The summed E-state index contributed by atoms with van der Waals surface area (Å²) in [5.74, 6) is 1.27. The predicted octanol–water partition coefficient (Wildman–Crippen LogP) is 3.12. The van der Waals surface area contributed by atoms with Gasteiger partial charge in [0.25, 0.3) is 0 Å². The zero-order valence-electron chi connectivity index (χ0n) is 9.87. The predicted molar refractivity (Wildman–Crippen MR) is 64.1 cm³/mol. The van der Waals surface area contributed by atoms with Crippen molar-refractivity contribution in [1.82, 2.24) is 0 Å². The van der Waals surface area contributed by atoms with Crippen LogP contribution in [0.5, 0.6) is 0 Å². The van der Waals surface area contributed by atoms with Crippen LogP contribution in [0.15, 0.2) is 18.2 Å². The number of hydrogen-bond acceptors (Lipinski definition) is 1. The minimum atomic E-state index is -0.355. The van der Waals surface area contributed by atoms with E-state index < -0.39 is 0 Å². The van der Waals surface area contributed by atoms with Crippen molar-refractivity contribution in [3.8, 4) is 0 Å². The molecule has 0 aromatic heterocycles. The molecule has 2 atom stereocenters. The van der Waals surface area contributed by atoms with Crippen molar-refractivity contribution in [1.29, 1.82) is 0 Å². The molecule has 1 aromatic carbocycles. The summed E-state index contributed by atoms with van der Waals surface area (Å²) in [5.41, 5.74) is 1.27. The van der Waals surface area contributed by atoms with Gasteiger partial charge in [0.1, 0.15) is 5.82 Å². The molecule has 90 valence electrons. The molecular weight excluding hydrogens is 217 g/mol. The third-order valence-electron chi connectivity index (χ3n) is 3.99. The van der Waals surface area contributed by atoms with E-state index in [0.29, 0.717) is 5.69 Å². The molecule has 2 fully saturated rings. The van der Waals surface area contributed by atoms with Crippen LogP contribution < -0.4 is 5.32 Å². The molecule has 2 saturated carbocycles. The van der Waals surface area contributed by atoms with Gasteiger partial charge in [-0.25, -0.2) is 4.39 Å². The fraction of sp³-hybridized carbons (Fsp3) is 0.500. The van der Waals surface area contributed by atoms with Crippen molar-refractivity contribution < 1.29 is 9.18 Å². The quantitative estimate of drug-likeness (QED) is 0.835. The molecule has 17 heavy (non-hydrogen) atoms. The zero-order chi connectivity index (χ0) is 12.0. The highest BCUT2D eigenvalue weighted by atomic mass is 19.1. The first-order valence-electron chi connectivity index (χ1n) is 6.20. The van der Waals surface area contributed by atoms with Crippen molar-refractivity contribution in [2.45, 2.75) is 26.2 Å². The van der Waals surface area contributed by atoms with Crippen molar-refractivity contribution in [3.05, 3.63) is 29.6 Å². The summed E-state index contributed by atoms with van der Waals surface area (Å²) >= 11 is 0. The summed E-state index contributed by atoms with van der Waals surface area (Å²) < 4.78 is 13.5. The molecular formula is C14H16FNO. The highest BCUT2D eigenvalue weighted by molar-refractivity contribution is 5.93. The number of carbonyl (C=O) groups is 1. The van der Waals surface area contributed by atoms with E-state index in [9.17, 15) is 9.18 Å². The van der Waals surface area contributed by atoms with Gasteiger partial charge in [-0.05, 0) is 55.7 Å². The second-order valence-corrected chi connectivity index (χ2v) is 5.40. The molecule has 3 heteroatoms. The van der Waals surface area contributed by atoms with Gasteiger partial charge in [-0.3, -0.25) is 4.79 Å². The highest BCUT2D eigenvalue weighted by Crippen LogP contribution is 2.54. The van der Waals surface area contributed by atoms with E-state index in [1.807, 2.05) is 6.92 Å². The number of carbonyl (C=O) groups excluding carboxylic acids is 1. The van der Waals surface area contributed by atoms with E-state index in [0.717, 1.165) is 30.2 Å². The molecule has 2 aliphatic carbocycles. The summed E-state index contributed by atoms with van der Waals surface area (Å²) in [6.45, 7) is 1.89. The van der Waals surface area contributed by atoms with E-state index >= 15 is 0 Å². The fourth-order valence-electron chi connectivity index (χ4n) is 2.90. The van der Waals surface area contributed by atoms with Gasteiger partial charge >= 0.3 is 0 Å².